The maximum Gasteiger partial charge on any atom is 0.319 e. The minimum atomic E-state index is -0.233. The van der Waals surface area contributed by atoms with Crippen LogP contribution in [0.2, 0.25) is 0 Å². The highest BCUT2D eigenvalue weighted by atomic mass is 16.5. The fourth-order valence-corrected chi connectivity index (χ4v) is 4.79. The average Bonchev–Trinajstić information content (AvgIpc) is 2.95. The Labute approximate surface area is 233 Å². The Bertz CT molecular complexity index is 1440. The lowest BCUT2D eigenvalue weighted by Gasteiger charge is -2.32. The van der Waals surface area contributed by atoms with E-state index in [1.807, 2.05) is 91.9 Å². The van der Waals surface area contributed by atoms with Gasteiger partial charge in [0.25, 0.3) is 0 Å². The van der Waals surface area contributed by atoms with Crippen molar-refractivity contribution in [2.24, 2.45) is 0 Å². The minimum Gasteiger partial charge on any atom is -0.457 e. The van der Waals surface area contributed by atoms with Crippen LogP contribution in [0.1, 0.15) is 18.5 Å². The third-order valence-electron chi connectivity index (χ3n) is 6.82. The summed E-state index contributed by atoms with van der Waals surface area (Å²) in [6.07, 6.45) is 1.71. The van der Waals surface area contributed by atoms with E-state index in [1.54, 1.807) is 0 Å². The standard InChI is InChI=1S/C31H34N6O3/c1-22-21-29(27-9-5-6-10-28(27)33-22)36-30(38)32-17-20-37-18-15-24(16-19-37)35-31(39)34-23-11-13-26(14-12-23)40-25-7-3-2-4-8-25/h2-14,21,24H,15-20H2,1H3,(H2,34,35,39)(H2,32,33,36,38). The molecule has 4 N–H and O–H groups in total. The van der Waals surface area contributed by atoms with Crippen LogP contribution in [0.4, 0.5) is 21.0 Å². The molecule has 1 aliphatic heterocycles. The first kappa shape index (κ1) is 27.0. The van der Waals surface area contributed by atoms with Gasteiger partial charge in [-0.2, -0.15) is 0 Å². The predicted molar refractivity (Wildman–Crippen MR) is 158 cm³/mol. The van der Waals surface area contributed by atoms with Crippen LogP contribution < -0.4 is 26.0 Å². The Balaban J connectivity index is 0.993. The molecule has 1 aliphatic rings. The van der Waals surface area contributed by atoms with Crippen molar-refractivity contribution < 1.29 is 14.3 Å². The molecule has 4 aromatic rings. The molecule has 5 rings (SSSR count). The Morgan fingerprint density at radius 1 is 0.875 bits per heavy atom. The summed E-state index contributed by atoms with van der Waals surface area (Å²) in [5, 5.41) is 12.8. The van der Waals surface area contributed by atoms with Gasteiger partial charge >= 0.3 is 12.1 Å². The SMILES string of the molecule is Cc1cc(NC(=O)NCCN2CCC(NC(=O)Nc3ccc(Oc4ccccc4)cc3)CC2)c2ccccc2n1. The highest BCUT2D eigenvalue weighted by Crippen LogP contribution is 2.24. The number of anilines is 2. The van der Waals surface area contributed by atoms with Gasteiger partial charge in [0, 0.05) is 49.0 Å². The normalized spacial score (nSPS) is 13.9. The van der Waals surface area contributed by atoms with Gasteiger partial charge in [-0.15, -0.1) is 0 Å². The van der Waals surface area contributed by atoms with Gasteiger partial charge in [0.2, 0.25) is 0 Å². The molecule has 1 fully saturated rings. The van der Waals surface area contributed by atoms with E-state index in [2.05, 4.69) is 31.2 Å². The molecule has 0 saturated carbocycles. The quantitative estimate of drug-likeness (QED) is 0.229. The van der Waals surface area contributed by atoms with Crippen LogP contribution in [-0.4, -0.2) is 54.2 Å². The smallest absolute Gasteiger partial charge is 0.319 e. The number of ether oxygens (including phenoxy) is 1. The minimum absolute atomic E-state index is 0.108. The molecule has 0 bridgehead atoms. The van der Waals surface area contributed by atoms with Crippen molar-refractivity contribution in [1.29, 1.82) is 0 Å². The number of nitrogens with zero attached hydrogens (tertiary/aromatic N) is 2. The van der Waals surface area contributed by atoms with Crippen molar-refractivity contribution in [1.82, 2.24) is 20.5 Å². The van der Waals surface area contributed by atoms with Gasteiger partial charge in [0.15, 0.2) is 0 Å². The number of carbonyl (C=O) groups is 2. The zero-order valence-corrected chi connectivity index (χ0v) is 22.5. The maximum absolute atomic E-state index is 12.5. The van der Waals surface area contributed by atoms with Gasteiger partial charge in [-0.25, -0.2) is 9.59 Å². The number of amides is 4. The lowest BCUT2D eigenvalue weighted by molar-refractivity contribution is 0.196. The Morgan fingerprint density at radius 2 is 1.57 bits per heavy atom. The molecule has 0 aliphatic carbocycles. The van der Waals surface area contributed by atoms with Gasteiger partial charge in [-0.3, -0.25) is 4.98 Å². The second-order valence-electron chi connectivity index (χ2n) is 9.86. The molecule has 9 heteroatoms. The molecule has 0 spiro atoms. The van der Waals surface area contributed by atoms with Crippen LogP contribution in [0, 0.1) is 6.92 Å². The predicted octanol–water partition coefficient (Wildman–Crippen LogP) is 5.74. The first-order valence-corrected chi connectivity index (χ1v) is 13.6. The summed E-state index contributed by atoms with van der Waals surface area (Å²) < 4.78 is 5.80. The molecule has 4 amide bonds. The zero-order chi connectivity index (χ0) is 27.7. The average molecular weight is 539 g/mol. The summed E-state index contributed by atoms with van der Waals surface area (Å²) in [5.41, 5.74) is 3.16. The number of aromatic nitrogens is 1. The van der Waals surface area contributed by atoms with E-state index in [-0.39, 0.29) is 18.1 Å². The van der Waals surface area contributed by atoms with Crippen molar-refractivity contribution in [3.05, 3.63) is 90.6 Å². The lowest BCUT2D eigenvalue weighted by atomic mass is 10.1. The van der Waals surface area contributed by atoms with Crippen molar-refractivity contribution in [3.63, 3.8) is 0 Å². The molecule has 0 radical (unpaired) electrons. The van der Waals surface area contributed by atoms with Crippen LogP contribution in [0.5, 0.6) is 11.5 Å². The molecule has 40 heavy (non-hydrogen) atoms. The molecule has 9 nitrogen and oxygen atoms in total. The Hall–Kier alpha value is -4.63. The van der Waals surface area contributed by atoms with Gasteiger partial charge in [0.1, 0.15) is 11.5 Å². The zero-order valence-electron chi connectivity index (χ0n) is 22.5. The molecular formula is C31H34N6O3. The van der Waals surface area contributed by atoms with Crippen molar-refractivity contribution in [2.75, 3.05) is 36.8 Å². The Morgan fingerprint density at radius 3 is 2.35 bits per heavy atom. The number of urea groups is 2. The van der Waals surface area contributed by atoms with Crippen molar-refractivity contribution in [3.8, 4) is 11.5 Å². The topological polar surface area (TPSA) is 108 Å². The van der Waals surface area contributed by atoms with Crippen LogP contribution in [0.25, 0.3) is 10.9 Å². The molecule has 0 unspecified atom stereocenters. The van der Waals surface area contributed by atoms with E-state index in [0.29, 0.717) is 18.0 Å². The van der Waals surface area contributed by atoms with E-state index >= 15 is 0 Å². The number of hydrogen-bond acceptors (Lipinski definition) is 5. The number of likely N-dealkylation sites (tertiary alicyclic amines) is 1. The van der Waals surface area contributed by atoms with E-state index in [9.17, 15) is 9.59 Å². The summed E-state index contributed by atoms with van der Waals surface area (Å²) >= 11 is 0. The number of para-hydroxylation sites is 2. The number of carbonyl (C=O) groups excluding carboxylic acids is 2. The molecule has 2 heterocycles. The van der Waals surface area contributed by atoms with Gasteiger partial charge in [-0.05, 0) is 68.3 Å². The summed E-state index contributed by atoms with van der Waals surface area (Å²) in [6.45, 7) is 4.91. The highest BCUT2D eigenvalue weighted by molar-refractivity contribution is 6.00. The molecular weight excluding hydrogens is 504 g/mol. The van der Waals surface area contributed by atoms with E-state index in [0.717, 1.165) is 60.5 Å². The molecule has 0 atom stereocenters. The first-order chi connectivity index (χ1) is 19.5. The second-order valence-corrected chi connectivity index (χ2v) is 9.86. The monoisotopic (exact) mass is 538 g/mol. The van der Waals surface area contributed by atoms with Crippen LogP contribution in [-0.2, 0) is 0 Å². The van der Waals surface area contributed by atoms with Gasteiger partial charge in [0.05, 0.1) is 11.2 Å². The van der Waals surface area contributed by atoms with E-state index < -0.39 is 0 Å². The third kappa shape index (κ3) is 7.48. The summed E-state index contributed by atoms with van der Waals surface area (Å²) in [6, 6.07) is 26.2. The second kappa shape index (κ2) is 12.9. The largest absolute Gasteiger partial charge is 0.457 e. The Kier molecular flexibility index (Phi) is 8.73. The number of fused-ring (bicyclic) bond motifs is 1. The summed E-state index contributed by atoms with van der Waals surface area (Å²) in [7, 11) is 0. The number of nitrogens with one attached hydrogen (secondary N) is 4. The number of pyridine rings is 1. The van der Waals surface area contributed by atoms with Crippen molar-refractivity contribution in [2.45, 2.75) is 25.8 Å². The van der Waals surface area contributed by atoms with Crippen LogP contribution in [0.15, 0.2) is 84.9 Å². The number of aryl methyl sites for hydroxylation is 1. The molecule has 206 valence electrons. The number of piperidine rings is 1. The number of benzene rings is 3. The van der Waals surface area contributed by atoms with E-state index in [1.165, 1.54) is 0 Å². The fourth-order valence-electron chi connectivity index (χ4n) is 4.79. The first-order valence-electron chi connectivity index (χ1n) is 13.6. The summed E-state index contributed by atoms with van der Waals surface area (Å²) in [5.74, 6) is 1.47. The van der Waals surface area contributed by atoms with Crippen molar-refractivity contribution >= 4 is 34.3 Å². The van der Waals surface area contributed by atoms with Gasteiger partial charge < -0.3 is 30.9 Å². The van der Waals surface area contributed by atoms with Crippen LogP contribution in [0.3, 0.4) is 0 Å². The summed E-state index contributed by atoms with van der Waals surface area (Å²) in [4.78, 5) is 31.8. The molecule has 1 aromatic heterocycles. The maximum atomic E-state index is 12.5. The van der Waals surface area contributed by atoms with Gasteiger partial charge in [-0.1, -0.05) is 36.4 Å². The molecule has 3 aromatic carbocycles. The highest BCUT2D eigenvalue weighted by Gasteiger charge is 2.20. The number of hydrogen-bond donors (Lipinski definition) is 4. The third-order valence-corrected chi connectivity index (χ3v) is 6.82. The van der Waals surface area contributed by atoms with E-state index in [4.69, 9.17) is 4.74 Å². The fraction of sp³-hybridized carbons (Fsp3) is 0.258. The number of rotatable bonds is 8. The van der Waals surface area contributed by atoms with Crippen LogP contribution >= 0.6 is 0 Å². The lowest BCUT2D eigenvalue weighted by Crippen LogP contribution is -2.47. The molecule has 1 saturated heterocycles.